The van der Waals surface area contributed by atoms with Gasteiger partial charge >= 0.3 is 0 Å². The van der Waals surface area contributed by atoms with Gasteiger partial charge in [0.25, 0.3) is 0 Å². The molecule has 170 valence electrons. The van der Waals surface area contributed by atoms with E-state index in [-0.39, 0.29) is 0 Å². The zero-order valence-electron chi connectivity index (χ0n) is 20.2. The van der Waals surface area contributed by atoms with Crippen LogP contribution < -0.4 is 0 Å². The van der Waals surface area contributed by atoms with Gasteiger partial charge in [0.05, 0.1) is 0 Å². The average Bonchev–Trinajstić information content (AvgIpc) is 3.14. The summed E-state index contributed by atoms with van der Waals surface area (Å²) in [6.45, 7) is 4.49. The highest BCUT2D eigenvalue weighted by Gasteiger charge is 1.99. The second-order valence-corrected chi connectivity index (χ2v) is 9.45. The molecule has 1 aromatic rings. The van der Waals surface area contributed by atoms with E-state index in [1.807, 2.05) is 0 Å². The van der Waals surface area contributed by atoms with Crippen LogP contribution in [0.3, 0.4) is 0 Å². The van der Waals surface area contributed by atoms with E-state index >= 15 is 0 Å². The Morgan fingerprint density at radius 1 is 0.517 bits per heavy atom. The average molecular weight is 404 g/mol. The Morgan fingerprint density at radius 3 is 1.17 bits per heavy atom. The molecule has 0 atom stereocenters. The first kappa shape index (κ1) is 26.3. The standard InChI is InChI=1S/C28H53N/c1-3-4-5-6-7-8-9-10-11-12-13-14-15-16-17-18-19-20-21-22-23-24-28-25-26-29-27(28)2/h25-26,29H,3-24H2,1-2H3. The molecule has 0 aliphatic rings. The minimum absolute atomic E-state index is 1.26. The second kappa shape index (κ2) is 20.5. The number of H-pyrrole nitrogens is 1. The fourth-order valence-electron chi connectivity index (χ4n) is 4.50. The van der Waals surface area contributed by atoms with E-state index in [9.17, 15) is 0 Å². The summed E-state index contributed by atoms with van der Waals surface area (Å²) in [6.07, 6.45) is 33.9. The highest BCUT2D eigenvalue weighted by Crippen LogP contribution is 2.16. The molecule has 0 spiro atoms. The summed E-state index contributed by atoms with van der Waals surface area (Å²) in [5.41, 5.74) is 2.88. The van der Waals surface area contributed by atoms with E-state index < -0.39 is 0 Å². The molecule has 1 heterocycles. The Kier molecular flexibility index (Phi) is 18.6. The van der Waals surface area contributed by atoms with Crippen molar-refractivity contribution in [3.05, 3.63) is 23.5 Å². The maximum absolute atomic E-state index is 3.28. The number of hydrogen-bond acceptors (Lipinski definition) is 0. The third-order valence-corrected chi connectivity index (χ3v) is 6.62. The molecule has 0 bridgehead atoms. The Balaban J connectivity index is 1.67. The maximum atomic E-state index is 3.28. The largest absolute Gasteiger partial charge is 0.365 e. The summed E-state index contributed by atoms with van der Waals surface area (Å²) < 4.78 is 0. The van der Waals surface area contributed by atoms with Crippen molar-refractivity contribution >= 4 is 0 Å². The van der Waals surface area contributed by atoms with Crippen molar-refractivity contribution in [2.45, 2.75) is 155 Å². The number of rotatable bonds is 22. The minimum Gasteiger partial charge on any atom is -0.365 e. The normalized spacial score (nSPS) is 11.4. The van der Waals surface area contributed by atoms with Crippen molar-refractivity contribution in [1.82, 2.24) is 4.98 Å². The predicted octanol–water partition coefficient (Wildman–Crippen LogP) is 10.1. The lowest BCUT2D eigenvalue weighted by molar-refractivity contribution is 0.520. The summed E-state index contributed by atoms with van der Waals surface area (Å²) in [6, 6.07) is 2.24. The number of aromatic nitrogens is 1. The quantitative estimate of drug-likeness (QED) is 0.185. The minimum atomic E-state index is 1.26. The van der Waals surface area contributed by atoms with Crippen molar-refractivity contribution in [2.24, 2.45) is 0 Å². The van der Waals surface area contributed by atoms with Crippen LogP contribution in [0.1, 0.15) is 153 Å². The number of aryl methyl sites for hydroxylation is 2. The molecule has 0 aliphatic carbocycles. The van der Waals surface area contributed by atoms with Gasteiger partial charge in [-0.1, -0.05) is 135 Å². The third kappa shape index (κ3) is 16.7. The number of hydrogen-bond donors (Lipinski definition) is 1. The summed E-state index contributed by atoms with van der Waals surface area (Å²) in [5, 5.41) is 0. The van der Waals surface area contributed by atoms with Crippen LogP contribution in [0.5, 0.6) is 0 Å². The van der Waals surface area contributed by atoms with Crippen LogP contribution in [0.25, 0.3) is 0 Å². The van der Waals surface area contributed by atoms with Crippen LogP contribution in [-0.2, 0) is 6.42 Å². The first-order chi connectivity index (χ1) is 14.3. The van der Waals surface area contributed by atoms with Gasteiger partial charge in [-0.3, -0.25) is 0 Å². The Bertz CT molecular complexity index is 433. The van der Waals surface area contributed by atoms with E-state index in [4.69, 9.17) is 0 Å². The van der Waals surface area contributed by atoms with Crippen molar-refractivity contribution in [2.75, 3.05) is 0 Å². The molecule has 1 nitrogen and oxygen atoms in total. The molecule has 0 radical (unpaired) electrons. The van der Waals surface area contributed by atoms with Crippen molar-refractivity contribution in [3.63, 3.8) is 0 Å². The lowest BCUT2D eigenvalue weighted by Crippen LogP contribution is -1.87. The molecule has 0 saturated carbocycles. The fourth-order valence-corrected chi connectivity index (χ4v) is 4.50. The van der Waals surface area contributed by atoms with Crippen LogP contribution in [0.15, 0.2) is 12.3 Å². The van der Waals surface area contributed by atoms with Gasteiger partial charge in [-0.15, -0.1) is 0 Å². The van der Waals surface area contributed by atoms with Crippen LogP contribution in [-0.4, -0.2) is 4.98 Å². The molecular weight excluding hydrogens is 350 g/mol. The van der Waals surface area contributed by atoms with E-state index in [2.05, 4.69) is 31.1 Å². The first-order valence-electron chi connectivity index (χ1n) is 13.5. The Morgan fingerprint density at radius 2 is 0.862 bits per heavy atom. The summed E-state index contributed by atoms with van der Waals surface area (Å²) in [5.74, 6) is 0. The van der Waals surface area contributed by atoms with Crippen molar-refractivity contribution in [3.8, 4) is 0 Å². The lowest BCUT2D eigenvalue weighted by Gasteiger charge is -2.04. The zero-order valence-corrected chi connectivity index (χ0v) is 20.2. The molecule has 0 unspecified atom stereocenters. The van der Waals surface area contributed by atoms with Crippen LogP contribution in [0, 0.1) is 6.92 Å². The number of aromatic amines is 1. The molecule has 1 N–H and O–H groups in total. The number of nitrogens with one attached hydrogen (secondary N) is 1. The Hall–Kier alpha value is -0.720. The van der Waals surface area contributed by atoms with E-state index in [1.165, 1.54) is 153 Å². The molecule has 0 fully saturated rings. The molecule has 0 amide bonds. The zero-order chi connectivity index (χ0) is 20.8. The van der Waals surface area contributed by atoms with E-state index in [0.717, 1.165) is 0 Å². The smallest absolute Gasteiger partial charge is 0.0148 e. The van der Waals surface area contributed by atoms with Gasteiger partial charge in [0.15, 0.2) is 0 Å². The van der Waals surface area contributed by atoms with Gasteiger partial charge < -0.3 is 4.98 Å². The highest BCUT2D eigenvalue weighted by molar-refractivity contribution is 5.18. The van der Waals surface area contributed by atoms with Crippen LogP contribution >= 0.6 is 0 Å². The summed E-state index contributed by atoms with van der Waals surface area (Å²) in [7, 11) is 0. The van der Waals surface area contributed by atoms with Gasteiger partial charge in [0.2, 0.25) is 0 Å². The first-order valence-corrected chi connectivity index (χ1v) is 13.5. The SMILES string of the molecule is CCCCCCCCCCCCCCCCCCCCCCCc1cc[nH]c1C. The summed E-state index contributed by atoms with van der Waals surface area (Å²) in [4.78, 5) is 3.28. The number of unbranched alkanes of at least 4 members (excludes halogenated alkanes) is 20. The molecule has 1 heteroatoms. The molecule has 0 aliphatic heterocycles. The monoisotopic (exact) mass is 403 g/mol. The van der Waals surface area contributed by atoms with Gasteiger partial charge in [0.1, 0.15) is 0 Å². The molecule has 1 aromatic heterocycles. The van der Waals surface area contributed by atoms with Gasteiger partial charge in [-0.25, -0.2) is 0 Å². The molecule has 0 saturated heterocycles. The molecule has 29 heavy (non-hydrogen) atoms. The molecular formula is C28H53N. The van der Waals surface area contributed by atoms with Crippen LogP contribution in [0.2, 0.25) is 0 Å². The second-order valence-electron chi connectivity index (χ2n) is 9.45. The van der Waals surface area contributed by atoms with Gasteiger partial charge in [-0.05, 0) is 31.4 Å². The maximum Gasteiger partial charge on any atom is 0.0148 e. The lowest BCUT2D eigenvalue weighted by atomic mass is 10.0. The molecule has 0 aromatic carbocycles. The van der Waals surface area contributed by atoms with Crippen molar-refractivity contribution < 1.29 is 0 Å². The van der Waals surface area contributed by atoms with E-state index in [1.54, 1.807) is 0 Å². The summed E-state index contributed by atoms with van der Waals surface area (Å²) >= 11 is 0. The van der Waals surface area contributed by atoms with Gasteiger partial charge in [0, 0.05) is 11.9 Å². The third-order valence-electron chi connectivity index (χ3n) is 6.62. The Labute approximate surface area is 183 Å². The topological polar surface area (TPSA) is 15.8 Å². The fraction of sp³-hybridized carbons (Fsp3) is 0.857. The van der Waals surface area contributed by atoms with Crippen LogP contribution in [0.4, 0.5) is 0 Å². The highest BCUT2D eigenvalue weighted by atomic mass is 14.7. The predicted molar refractivity (Wildman–Crippen MR) is 132 cm³/mol. The van der Waals surface area contributed by atoms with E-state index in [0.29, 0.717) is 0 Å². The molecule has 1 rings (SSSR count). The van der Waals surface area contributed by atoms with Crippen molar-refractivity contribution in [1.29, 1.82) is 0 Å². The van der Waals surface area contributed by atoms with Gasteiger partial charge in [-0.2, -0.15) is 0 Å².